The van der Waals surface area contributed by atoms with E-state index in [1.165, 1.54) is 0 Å². The van der Waals surface area contributed by atoms with Gasteiger partial charge in [0.05, 0.1) is 37.3 Å². The molecule has 0 saturated carbocycles. The first-order chi connectivity index (χ1) is 18.1. The Labute approximate surface area is 215 Å². The zero-order valence-electron chi connectivity index (χ0n) is 20.9. The van der Waals surface area contributed by atoms with Crippen LogP contribution in [0.1, 0.15) is 41.9 Å². The van der Waals surface area contributed by atoms with E-state index in [4.69, 9.17) is 9.47 Å². The summed E-state index contributed by atoms with van der Waals surface area (Å²) in [5.41, 5.74) is 3.58. The molecule has 5 rings (SSSR count). The first kappa shape index (κ1) is 24.4. The molecule has 2 N–H and O–H groups in total. The van der Waals surface area contributed by atoms with Crippen molar-refractivity contribution in [3.8, 4) is 11.5 Å². The predicted octanol–water partition coefficient (Wildman–Crippen LogP) is 4.34. The fourth-order valence-electron chi connectivity index (χ4n) is 4.92. The second-order valence-electron chi connectivity index (χ2n) is 9.15. The standard InChI is InChI=1S/C29H30N4O4/c1-36-21-10-5-8-19(16-21)17-25(20-9-6-11-22(18-20)37-2)32-28(34)29(35)33-15-7-14-26(33)27-30-23-12-3-4-13-24(23)31-27/h3-6,8-13,16,18,25-26H,7,14-15,17H2,1-2H3,(H,30,31)(H,32,34). The second-order valence-corrected chi connectivity index (χ2v) is 9.15. The minimum Gasteiger partial charge on any atom is -0.497 e. The third-order valence-corrected chi connectivity index (χ3v) is 6.81. The summed E-state index contributed by atoms with van der Waals surface area (Å²) in [5, 5.41) is 2.99. The number of ether oxygens (including phenoxy) is 2. The molecule has 8 heteroatoms. The smallest absolute Gasteiger partial charge is 0.312 e. The Morgan fingerprint density at radius 2 is 1.78 bits per heavy atom. The number of H-pyrrole nitrogens is 1. The normalized spacial score (nSPS) is 15.9. The van der Waals surface area contributed by atoms with Crippen LogP contribution in [-0.4, -0.2) is 47.4 Å². The molecule has 190 valence electrons. The summed E-state index contributed by atoms with van der Waals surface area (Å²) in [4.78, 5) is 36.4. The van der Waals surface area contributed by atoms with Gasteiger partial charge in [-0.2, -0.15) is 0 Å². The molecule has 37 heavy (non-hydrogen) atoms. The summed E-state index contributed by atoms with van der Waals surface area (Å²) in [6.07, 6.45) is 2.04. The molecular weight excluding hydrogens is 468 g/mol. The van der Waals surface area contributed by atoms with Crippen molar-refractivity contribution in [1.82, 2.24) is 20.2 Å². The maximum absolute atomic E-state index is 13.4. The highest BCUT2D eigenvalue weighted by atomic mass is 16.5. The van der Waals surface area contributed by atoms with Gasteiger partial charge in [0.2, 0.25) is 0 Å². The number of aromatic nitrogens is 2. The zero-order valence-corrected chi connectivity index (χ0v) is 20.9. The van der Waals surface area contributed by atoms with Gasteiger partial charge < -0.3 is 24.7 Å². The highest BCUT2D eigenvalue weighted by Crippen LogP contribution is 2.32. The van der Waals surface area contributed by atoms with Gasteiger partial charge in [0.25, 0.3) is 0 Å². The summed E-state index contributed by atoms with van der Waals surface area (Å²) in [6.45, 7) is 0.508. The van der Waals surface area contributed by atoms with Crippen molar-refractivity contribution in [3.05, 3.63) is 89.7 Å². The molecule has 2 amide bonds. The van der Waals surface area contributed by atoms with Crippen molar-refractivity contribution in [2.24, 2.45) is 0 Å². The summed E-state index contributed by atoms with van der Waals surface area (Å²) < 4.78 is 10.8. The van der Waals surface area contributed by atoms with Crippen LogP contribution in [0.15, 0.2) is 72.8 Å². The molecular formula is C29H30N4O4. The van der Waals surface area contributed by atoms with Gasteiger partial charge in [0.1, 0.15) is 17.3 Å². The number of aromatic amines is 1. The maximum atomic E-state index is 13.4. The second kappa shape index (κ2) is 10.7. The minimum atomic E-state index is -0.640. The van der Waals surface area contributed by atoms with Crippen LogP contribution in [0.2, 0.25) is 0 Å². The number of carbonyl (C=O) groups excluding carboxylic acids is 2. The number of fused-ring (bicyclic) bond motifs is 1. The lowest BCUT2D eigenvalue weighted by Gasteiger charge is -2.25. The molecule has 1 saturated heterocycles. The molecule has 1 aliphatic heterocycles. The highest BCUT2D eigenvalue weighted by molar-refractivity contribution is 6.35. The lowest BCUT2D eigenvalue weighted by atomic mass is 9.98. The number of amides is 2. The number of carbonyl (C=O) groups is 2. The van der Waals surface area contributed by atoms with Crippen LogP contribution in [0.5, 0.6) is 11.5 Å². The van der Waals surface area contributed by atoms with Gasteiger partial charge in [-0.05, 0) is 66.8 Å². The van der Waals surface area contributed by atoms with E-state index in [0.717, 1.165) is 40.8 Å². The van der Waals surface area contributed by atoms with E-state index in [-0.39, 0.29) is 6.04 Å². The van der Waals surface area contributed by atoms with E-state index in [1.807, 2.05) is 72.8 Å². The van der Waals surface area contributed by atoms with E-state index in [2.05, 4.69) is 15.3 Å². The molecule has 2 unspecified atom stereocenters. The highest BCUT2D eigenvalue weighted by Gasteiger charge is 2.36. The first-order valence-electron chi connectivity index (χ1n) is 12.4. The minimum absolute atomic E-state index is 0.265. The monoisotopic (exact) mass is 498 g/mol. The number of rotatable bonds is 7. The molecule has 0 bridgehead atoms. The van der Waals surface area contributed by atoms with Crippen molar-refractivity contribution < 1.29 is 19.1 Å². The summed E-state index contributed by atoms with van der Waals surface area (Å²) in [6, 6.07) is 22.3. The third-order valence-electron chi connectivity index (χ3n) is 6.81. The van der Waals surface area contributed by atoms with Crippen LogP contribution >= 0.6 is 0 Å². The molecule has 1 aromatic heterocycles. The Morgan fingerprint density at radius 3 is 2.57 bits per heavy atom. The Hall–Kier alpha value is -4.33. The number of nitrogens with zero attached hydrogens (tertiary/aromatic N) is 2. The van der Waals surface area contributed by atoms with E-state index in [1.54, 1.807) is 19.1 Å². The number of benzene rings is 3. The first-order valence-corrected chi connectivity index (χ1v) is 12.4. The van der Waals surface area contributed by atoms with E-state index in [0.29, 0.717) is 24.5 Å². The molecule has 1 fully saturated rings. The van der Waals surface area contributed by atoms with Gasteiger partial charge in [0.15, 0.2) is 0 Å². The van der Waals surface area contributed by atoms with Gasteiger partial charge in [-0.1, -0.05) is 36.4 Å². The van der Waals surface area contributed by atoms with E-state index >= 15 is 0 Å². The lowest BCUT2D eigenvalue weighted by Crippen LogP contribution is -2.44. The Balaban J connectivity index is 1.37. The van der Waals surface area contributed by atoms with Gasteiger partial charge in [0, 0.05) is 6.54 Å². The largest absolute Gasteiger partial charge is 0.497 e. The molecule has 1 aliphatic rings. The van der Waals surface area contributed by atoms with Gasteiger partial charge in [-0.25, -0.2) is 4.98 Å². The van der Waals surface area contributed by atoms with Crippen molar-refractivity contribution >= 4 is 22.8 Å². The molecule has 2 atom stereocenters. The number of methoxy groups -OCH3 is 2. The van der Waals surface area contributed by atoms with Crippen molar-refractivity contribution in [2.75, 3.05) is 20.8 Å². The van der Waals surface area contributed by atoms with Gasteiger partial charge >= 0.3 is 11.8 Å². The fourth-order valence-corrected chi connectivity index (χ4v) is 4.92. The maximum Gasteiger partial charge on any atom is 0.312 e. The van der Waals surface area contributed by atoms with Crippen LogP contribution in [0.25, 0.3) is 11.0 Å². The van der Waals surface area contributed by atoms with Crippen LogP contribution in [0.4, 0.5) is 0 Å². The molecule has 3 aromatic carbocycles. The van der Waals surface area contributed by atoms with Crippen molar-refractivity contribution in [1.29, 1.82) is 0 Å². The van der Waals surface area contributed by atoms with Crippen molar-refractivity contribution in [3.63, 3.8) is 0 Å². The molecule has 2 heterocycles. The summed E-state index contributed by atoms with van der Waals surface area (Å²) in [5.74, 6) is 0.925. The number of likely N-dealkylation sites (tertiary alicyclic amines) is 1. The van der Waals surface area contributed by atoms with E-state index < -0.39 is 17.9 Å². The average molecular weight is 499 g/mol. The lowest BCUT2D eigenvalue weighted by molar-refractivity contribution is -0.147. The summed E-state index contributed by atoms with van der Waals surface area (Å²) in [7, 11) is 3.22. The fraction of sp³-hybridized carbons (Fsp3) is 0.276. The Kier molecular flexibility index (Phi) is 7.07. The van der Waals surface area contributed by atoms with Crippen LogP contribution in [0.3, 0.4) is 0 Å². The molecule has 0 aliphatic carbocycles. The number of para-hydroxylation sites is 2. The van der Waals surface area contributed by atoms with Crippen LogP contribution in [-0.2, 0) is 16.0 Å². The van der Waals surface area contributed by atoms with Crippen LogP contribution in [0, 0.1) is 0 Å². The average Bonchev–Trinajstić information content (AvgIpc) is 3.59. The SMILES string of the molecule is COc1cccc(CC(NC(=O)C(=O)N2CCCC2c2nc3ccccc3[nH]2)c2cccc(OC)c2)c1. The van der Waals surface area contributed by atoms with Gasteiger partial charge in [-0.3, -0.25) is 9.59 Å². The molecule has 0 radical (unpaired) electrons. The number of imidazole rings is 1. The number of hydrogen-bond donors (Lipinski definition) is 2. The molecule has 0 spiro atoms. The number of nitrogens with one attached hydrogen (secondary N) is 2. The predicted molar refractivity (Wildman–Crippen MR) is 140 cm³/mol. The van der Waals surface area contributed by atoms with E-state index in [9.17, 15) is 9.59 Å². The topological polar surface area (TPSA) is 96.5 Å². The van der Waals surface area contributed by atoms with Crippen LogP contribution < -0.4 is 14.8 Å². The summed E-state index contributed by atoms with van der Waals surface area (Å²) >= 11 is 0. The van der Waals surface area contributed by atoms with Gasteiger partial charge in [-0.15, -0.1) is 0 Å². The third kappa shape index (κ3) is 5.28. The molecule has 8 nitrogen and oxygen atoms in total. The molecule has 4 aromatic rings. The number of hydrogen-bond acceptors (Lipinski definition) is 5. The Morgan fingerprint density at radius 1 is 1.03 bits per heavy atom. The quantitative estimate of drug-likeness (QED) is 0.370. The van der Waals surface area contributed by atoms with Crippen molar-refractivity contribution in [2.45, 2.75) is 31.3 Å². The zero-order chi connectivity index (χ0) is 25.8. The Bertz CT molecular complexity index is 1380.